The number of hydrogen-bond acceptors (Lipinski definition) is 5. The first-order valence-corrected chi connectivity index (χ1v) is 5.60. The number of aromatic nitrogens is 2. The van der Waals surface area contributed by atoms with E-state index in [0.29, 0.717) is 6.42 Å². The van der Waals surface area contributed by atoms with E-state index in [9.17, 15) is 0 Å². The van der Waals surface area contributed by atoms with Crippen molar-refractivity contribution in [1.82, 2.24) is 9.97 Å². The predicted octanol–water partition coefficient (Wildman–Crippen LogP) is 1.40. The monoisotopic (exact) mass is 226 g/mol. The standard InChI is InChI=1S/C9H14N4OS/c1-7-4-5-11-9(12-7)15-6-2-3-8(10)13-14/h4-5,14H,2-3,6H2,1H3,(H2,10,13). The van der Waals surface area contributed by atoms with Gasteiger partial charge in [-0.3, -0.25) is 0 Å². The van der Waals surface area contributed by atoms with Gasteiger partial charge in [-0.15, -0.1) is 0 Å². The van der Waals surface area contributed by atoms with Gasteiger partial charge in [-0.2, -0.15) is 0 Å². The van der Waals surface area contributed by atoms with Crippen LogP contribution in [0.15, 0.2) is 22.6 Å². The van der Waals surface area contributed by atoms with Crippen LogP contribution in [0.5, 0.6) is 0 Å². The Balaban J connectivity index is 2.26. The van der Waals surface area contributed by atoms with Gasteiger partial charge in [0.25, 0.3) is 0 Å². The van der Waals surface area contributed by atoms with E-state index in [1.807, 2.05) is 13.0 Å². The minimum absolute atomic E-state index is 0.265. The van der Waals surface area contributed by atoms with Gasteiger partial charge < -0.3 is 10.9 Å². The summed E-state index contributed by atoms with van der Waals surface area (Å²) in [6.45, 7) is 1.93. The fourth-order valence-electron chi connectivity index (χ4n) is 0.962. The summed E-state index contributed by atoms with van der Waals surface area (Å²) in [5.41, 5.74) is 6.30. The number of rotatable bonds is 5. The van der Waals surface area contributed by atoms with Crippen LogP contribution >= 0.6 is 11.8 Å². The van der Waals surface area contributed by atoms with Crippen molar-refractivity contribution >= 4 is 17.6 Å². The Morgan fingerprint density at radius 1 is 1.67 bits per heavy atom. The summed E-state index contributed by atoms with van der Waals surface area (Å²) < 4.78 is 0. The lowest BCUT2D eigenvalue weighted by atomic mass is 10.3. The number of hydrogen-bond donors (Lipinski definition) is 2. The molecule has 0 atom stereocenters. The average molecular weight is 226 g/mol. The molecule has 0 aliphatic heterocycles. The van der Waals surface area contributed by atoms with Gasteiger partial charge >= 0.3 is 0 Å². The lowest BCUT2D eigenvalue weighted by molar-refractivity contribution is 0.317. The third kappa shape index (κ3) is 4.64. The highest BCUT2D eigenvalue weighted by atomic mass is 32.2. The molecule has 15 heavy (non-hydrogen) atoms. The second-order valence-corrected chi connectivity index (χ2v) is 4.09. The molecule has 1 rings (SSSR count). The topological polar surface area (TPSA) is 84.4 Å². The number of aryl methyl sites for hydroxylation is 1. The van der Waals surface area contributed by atoms with Crippen molar-refractivity contribution in [2.75, 3.05) is 5.75 Å². The Morgan fingerprint density at radius 2 is 2.47 bits per heavy atom. The molecule has 0 bridgehead atoms. The first-order valence-electron chi connectivity index (χ1n) is 4.61. The molecule has 0 saturated heterocycles. The van der Waals surface area contributed by atoms with Gasteiger partial charge in [0.15, 0.2) is 5.16 Å². The van der Waals surface area contributed by atoms with E-state index in [-0.39, 0.29) is 5.84 Å². The molecule has 3 N–H and O–H groups in total. The van der Waals surface area contributed by atoms with Gasteiger partial charge in [0.05, 0.1) is 0 Å². The summed E-state index contributed by atoms with van der Waals surface area (Å²) >= 11 is 1.57. The quantitative estimate of drug-likeness (QED) is 0.151. The number of amidine groups is 1. The van der Waals surface area contributed by atoms with Crippen molar-refractivity contribution in [3.05, 3.63) is 18.0 Å². The van der Waals surface area contributed by atoms with Gasteiger partial charge in [0, 0.05) is 24.1 Å². The predicted molar refractivity (Wildman–Crippen MR) is 60.1 cm³/mol. The summed E-state index contributed by atoms with van der Waals surface area (Å²) in [5.74, 6) is 1.13. The maximum Gasteiger partial charge on any atom is 0.187 e. The molecule has 1 aromatic rings. The van der Waals surface area contributed by atoms with Crippen LogP contribution in [0.3, 0.4) is 0 Å². The molecule has 5 nitrogen and oxygen atoms in total. The van der Waals surface area contributed by atoms with E-state index < -0.39 is 0 Å². The molecular weight excluding hydrogens is 212 g/mol. The molecule has 0 aromatic carbocycles. The van der Waals surface area contributed by atoms with Crippen LogP contribution in [0.4, 0.5) is 0 Å². The van der Waals surface area contributed by atoms with Crippen LogP contribution in [0.25, 0.3) is 0 Å². The molecule has 1 aromatic heterocycles. The van der Waals surface area contributed by atoms with Crippen molar-refractivity contribution in [1.29, 1.82) is 0 Å². The Bertz CT molecular complexity index is 343. The van der Waals surface area contributed by atoms with Gasteiger partial charge in [-0.25, -0.2) is 9.97 Å². The van der Waals surface area contributed by atoms with Crippen LogP contribution in [0, 0.1) is 6.92 Å². The maximum absolute atomic E-state index is 8.32. The number of oxime groups is 1. The lowest BCUT2D eigenvalue weighted by Gasteiger charge is -2.00. The average Bonchev–Trinajstić information content (AvgIpc) is 2.24. The zero-order chi connectivity index (χ0) is 11.1. The molecule has 0 spiro atoms. The Labute approximate surface area is 92.8 Å². The van der Waals surface area contributed by atoms with Gasteiger partial charge in [-0.1, -0.05) is 16.9 Å². The summed E-state index contributed by atoms with van der Waals surface area (Å²) in [6, 6.07) is 1.86. The minimum atomic E-state index is 0.265. The summed E-state index contributed by atoms with van der Waals surface area (Å²) in [5, 5.41) is 12.0. The first-order chi connectivity index (χ1) is 7.22. The third-order valence-electron chi connectivity index (χ3n) is 1.71. The molecular formula is C9H14N4OS. The minimum Gasteiger partial charge on any atom is -0.409 e. The fourth-order valence-corrected chi connectivity index (χ4v) is 1.78. The summed E-state index contributed by atoms with van der Waals surface area (Å²) in [7, 11) is 0. The Hall–Kier alpha value is -1.30. The van der Waals surface area contributed by atoms with Crippen molar-refractivity contribution in [2.45, 2.75) is 24.9 Å². The molecule has 6 heteroatoms. The molecule has 0 aliphatic carbocycles. The normalized spacial score (nSPS) is 11.7. The molecule has 1 heterocycles. The van der Waals surface area contributed by atoms with E-state index in [4.69, 9.17) is 10.9 Å². The zero-order valence-corrected chi connectivity index (χ0v) is 9.37. The van der Waals surface area contributed by atoms with Crippen LogP contribution in [0.2, 0.25) is 0 Å². The van der Waals surface area contributed by atoms with Crippen molar-refractivity contribution in [3.8, 4) is 0 Å². The van der Waals surface area contributed by atoms with E-state index in [1.54, 1.807) is 18.0 Å². The Kier molecular flexibility index (Phi) is 4.89. The molecule has 0 unspecified atom stereocenters. The van der Waals surface area contributed by atoms with Crippen LogP contribution in [-0.4, -0.2) is 26.8 Å². The second kappa shape index (κ2) is 6.23. The van der Waals surface area contributed by atoms with E-state index >= 15 is 0 Å². The van der Waals surface area contributed by atoms with Crippen molar-refractivity contribution in [2.24, 2.45) is 10.9 Å². The van der Waals surface area contributed by atoms with E-state index in [1.165, 1.54) is 0 Å². The highest BCUT2D eigenvalue weighted by molar-refractivity contribution is 7.99. The molecule has 0 saturated carbocycles. The molecule has 82 valence electrons. The number of nitrogens with zero attached hydrogens (tertiary/aromatic N) is 3. The van der Waals surface area contributed by atoms with E-state index in [2.05, 4.69) is 15.1 Å². The third-order valence-corrected chi connectivity index (χ3v) is 2.66. The molecule has 0 radical (unpaired) electrons. The smallest absolute Gasteiger partial charge is 0.187 e. The maximum atomic E-state index is 8.32. The molecule has 0 amide bonds. The van der Waals surface area contributed by atoms with Crippen molar-refractivity contribution < 1.29 is 5.21 Å². The van der Waals surface area contributed by atoms with Crippen LogP contribution < -0.4 is 5.73 Å². The Morgan fingerprint density at radius 3 is 3.13 bits per heavy atom. The highest BCUT2D eigenvalue weighted by Crippen LogP contribution is 2.14. The highest BCUT2D eigenvalue weighted by Gasteiger charge is 1.98. The summed E-state index contributed by atoms with van der Waals surface area (Å²) in [6.07, 6.45) is 3.18. The SMILES string of the molecule is Cc1ccnc(SCCCC(N)=NO)n1. The van der Waals surface area contributed by atoms with Gasteiger partial charge in [-0.05, 0) is 19.4 Å². The molecule has 0 aliphatic rings. The number of nitrogens with two attached hydrogens (primary N) is 1. The zero-order valence-electron chi connectivity index (χ0n) is 8.55. The second-order valence-electron chi connectivity index (χ2n) is 3.02. The van der Waals surface area contributed by atoms with E-state index in [0.717, 1.165) is 23.0 Å². The van der Waals surface area contributed by atoms with Gasteiger partial charge in [0.1, 0.15) is 5.84 Å². The van der Waals surface area contributed by atoms with Crippen molar-refractivity contribution in [3.63, 3.8) is 0 Å². The first kappa shape index (κ1) is 11.8. The van der Waals surface area contributed by atoms with Crippen LogP contribution in [0.1, 0.15) is 18.5 Å². The van der Waals surface area contributed by atoms with Crippen LogP contribution in [-0.2, 0) is 0 Å². The van der Waals surface area contributed by atoms with Gasteiger partial charge in [0.2, 0.25) is 0 Å². The summed E-state index contributed by atoms with van der Waals surface area (Å²) in [4.78, 5) is 8.37. The largest absolute Gasteiger partial charge is 0.409 e. The number of thioether (sulfide) groups is 1. The molecule has 0 fully saturated rings. The lowest BCUT2D eigenvalue weighted by Crippen LogP contribution is -2.11. The fraction of sp³-hybridized carbons (Fsp3) is 0.444.